The molecule has 0 aliphatic rings. The fourth-order valence-corrected chi connectivity index (χ4v) is 4.21. The number of aryl methyl sites for hydroxylation is 1. The first-order valence-electron chi connectivity index (χ1n) is 11.0. The largest absolute Gasteiger partial charge is 0.455 e. The van der Waals surface area contributed by atoms with Gasteiger partial charge in [-0.05, 0) is 44.5 Å². The number of para-hydroxylation sites is 1. The molecule has 2 heterocycles. The molecule has 0 amide bonds. The highest BCUT2D eigenvalue weighted by atomic mass is 16.4. The lowest BCUT2D eigenvalue weighted by Gasteiger charge is -2.20. The van der Waals surface area contributed by atoms with Crippen molar-refractivity contribution in [1.82, 2.24) is 10.2 Å². The number of benzene rings is 3. The second-order valence-electron chi connectivity index (χ2n) is 8.31. The number of H-pyrrole nitrogens is 1. The van der Waals surface area contributed by atoms with Crippen LogP contribution >= 0.6 is 0 Å². The fourth-order valence-electron chi connectivity index (χ4n) is 4.21. The van der Waals surface area contributed by atoms with Gasteiger partial charge in [-0.25, -0.2) is 9.89 Å². The molecule has 0 fully saturated rings. The summed E-state index contributed by atoms with van der Waals surface area (Å²) < 4.78 is 11.6. The maximum absolute atomic E-state index is 13.3. The second-order valence-corrected chi connectivity index (χ2v) is 8.31. The number of aromatic nitrogens is 2. The molecule has 0 saturated carbocycles. The van der Waals surface area contributed by atoms with Crippen LogP contribution in [0.2, 0.25) is 0 Å². The zero-order valence-electron chi connectivity index (χ0n) is 19.0. The Morgan fingerprint density at radius 1 is 0.941 bits per heavy atom. The van der Waals surface area contributed by atoms with Gasteiger partial charge in [-0.3, -0.25) is 4.79 Å². The third-order valence-electron chi connectivity index (χ3n) is 5.86. The van der Waals surface area contributed by atoms with Gasteiger partial charge in [0.05, 0.1) is 17.0 Å². The molecule has 7 heteroatoms. The van der Waals surface area contributed by atoms with Gasteiger partial charge in [-0.2, -0.15) is 0 Å². The molecule has 2 N–H and O–H groups in total. The van der Waals surface area contributed by atoms with Crippen LogP contribution in [0.4, 0.5) is 5.69 Å². The molecule has 5 aromatic rings. The summed E-state index contributed by atoms with van der Waals surface area (Å²) in [6, 6.07) is 20.7. The van der Waals surface area contributed by atoms with E-state index in [0.717, 1.165) is 22.4 Å². The van der Waals surface area contributed by atoms with Crippen molar-refractivity contribution in [3.63, 3.8) is 0 Å². The van der Waals surface area contributed by atoms with Crippen molar-refractivity contribution >= 4 is 16.7 Å². The summed E-state index contributed by atoms with van der Waals surface area (Å²) in [5.74, 6) is 0.144. The van der Waals surface area contributed by atoms with Crippen LogP contribution in [0, 0.1) is 13.8 Å². The minimum Gasteiger partial charge on any atom is -0.455 e. The summed E-state index contributed by atoms with van der Waals surface area (Å²) in [5, 5.41) is 10.3. The maximum Gasteiger partial charge on any atom is 0.434 e. The Morgan fingerprint density at radius 3 is 2.41 bits per heavy atom. The van der Waals surface area contributed by atoms with Crippen LogP contribution in [0.5, 0.6) is 0 Å². The van der Waals surface area contributed by atoms with E-state index in [2.05, 4.69) is 15.5 Å². The van der Waals surface area contributed by atoms with Gasteiger partial charge in [0.2, 0.25) is 0 Å². The quantitative estimate of drug-likeness (QED) is 0.360. The van der Waals surface area contributed by atoms with E-state index in [0.29, 0.717) is 27.9 Å². The van der Waals surface area contributed by atoms with E-state index >= 15 is 0 Å². The van der Waals surface area contributed by atoms with Crippen molar-refractivity contribution < 1.29 is 8.83 Å². The van der Waals surface area contributed by atoms with Crippen LogP contribution in [0.3, 0.4) is 0 Å². The van der Waals surface area contributed by atoms with Gasteiger partial charge in [-0.15, -0.1) is 5.10 Å². The number of nitrogens with one attached hydrogen (secondary N) is 2. The molecule has 0 aliphatic carbocycles. The first kappa shape index (κ1) is 21.5. The topological polar surface area (TPSA) is 101 Å². The van der Waals surface area contributed by atoms with E-state index in [1.807, 2.05) is 80.6 Å². The van der Waals surface area contributed by atoms with Gasteiger partial charge >= 0.3 is 5.76 Å². The molecule has 0 unspecified atom stereocenters. The highest BCUT2D eigenvalue weighted by Gasteiger charge is 2.20. The van der Waals surface area contributed by atoms with Crippen LogP contribution in [-0.2, 0) is 0 Å². The maximum atomic E-state index is 13.3. The van der Waals surface area contributed by atoms with Crippen molar-refractivity contribution in [1.29, 1.82) is 0 Å². The Morgan fingerprint density at radius 2 is 1.68 bits per heavy atom. The molecule has 5 rings (SSSR count). The first-order chi connectivity index (χ1) is 16.4. The average molecular weight is 453 g/mol. The fraction of sp³-hybridized carbons (Fsp3) is 0.148. The summed E-state index contributed by atoms with van der Waals surface area (Å²) in [4.78, 5) is 24.8. The molecule has 0 radical (unpaired) electrons. The molecule has 170 valence electrons. The average Bonchev–Trinajstić information content (AvgIpc) is 3.28. The van der Waals surface area contributed by atoms with E-state index in [-0.39, 0.29) is 17.4 Å². The first-order valence-corrected chi connectivity index (χ1v) is 11.0. The highest BCUT2D eigenvalue weighted by Crippen LogP contribution is 2.34. The molecule has 0 saturated heterocycles. The minimum absolute atomic E-state index is 0.0454. The third kappa shape index (κ3) is 3.81. The van der Waals surface area contributed by atoms with E-state index in [1.165, 1.54) is 0 Å². The Bertz CT molecular complexity index is 1610. The molecule has 34 heavy (non-hydrogen) atoms. The van der Waals surface area contributed by atoms with Crippen molar-refractivity contribution in [2.75, 3.05) is 5.32 Å². The van der Waals surface area contributed by atoms with Gasteiger partial charge < -0.3 is 14.2 Å². The smallest absolute Gasteiger partial charge is 0.434 e. The lowest BCUT2D eigenvalue weighted by molar-refractivity contribution is 0.527. The predicted molar refractivity (Wildman–Crippen MR) is 132 cm³/mol. The van der Waals surface area contributed by atoms with Crippen LogP contribution in [0.15, 0.2) is 85.2 Å². The van der Waals surface area contributed by atoms with E-state index in [1.54, 1.807) is 6.92 Å². The molecule has 2 aromatic heterocycles. The molecular weight excluding hydrogens is 430 g/mol. The summed E-state index contributed by atoms with van der Waals surface area (Å²) in [7, 11) is 0. The van der Waals surface area contributed by atoms with Gasteiger partial charge in [-0.1, -0.05) is 48.5 Å². The Kier molecular flexibility index (Phi) is 5.37. The molecule has 1 atom stereocenters. The third-order valence-corrected chi connectivity index (χ3v) is 5.86. The second kappa shape index (κ2) is 8.51. The highest BCUT2D eigenvalue weighted by molar-refractivity contribution is 5.85. The summed E-state index contributed by atoms with van der Waals surface area (Å²) in [6.45, 7) is 5.75. The number of aromatic amines is 1. The number of hydrogen-bond acceptors (Lipinski definition) is 6. The number of rotatable bonds is 5. The number of nitrogens with zero attached hydrogens (tertiary/aromatic N) is 1. The monoisotopic (exact) mass is 453 g/mol. The van der Waals surface area contributed by atoms with Gasteiger partial charge in [0.15, 0.2) is 5.43 Å². The summed E-state index contributed by atoms with van der Waals surface area (Å²) in [5.41, 5.74) is 5.12. The molecule has 7 nitrogen and oxygen atoms in total. The number of hydrogen-bond donors (Lipinski definition) is 2. The van der Waals surface area contributed by atoms with Gasteiger partial charge in [0.25, 0.3) is 5.89 Å². The predicted octanol–water partition coefficient (Wildman–Crippen LogP) is 5.59. The molecule has 3 aromatic carbocycles. The number of anilines is 1. The molecule has 0 bridgehead atoms. The van der Waals surface area contributed by atoms with Crippen LogP contribution in [0.1, 0.15) is 29.7 Å². The lowest BCUT2D eigenvalue weighted by atomic mass is 9.98. The zero-order chi connectivity index (χ0) is 23.8. The molecule has 0 spiro atoms. The standard InChI is InChI=1S/C27H23N3O4/c1-15-13-20(17(3)28-22-12-8-7-11-19(22)26-29-30-27(32)34-26)25-21(14-15)23(31)16(2)24(33-25)18-9-5-4-6-10-18/h4-14,17,28H,1-3H3,(H,30,32)/t17-/m1/s1. The van der Waals surface area contributed by atoms with Crippen molar-refractivity contribution in [3.05, 3.63) is 104 Å². The van der Waals surface area contributed by atoms with E-state index in [9.17, 15) is 9.59 Å². The number of fused-ring (bicyclic) bond motifs is 1. The molecule has 0 aliphatic heterocycles. The Balaban J connectivity index is 1.64. The van der Waals surface area contributed by atoms with Gasteiger partial charge in [0.1, 0.15) is 11.3 Å². The van der Waals surface area contributed by atoms with Crippen LogP contribution < -0.4 is 16.5 Å². The summed E-state index contributed by atoms with van der Waals surface area (Å²) >= 11 is 0. The van der Waals surface area contributed by atoms with Crippen molar-refractivity contribution in [3.8, 4) is 22.8 Å². The van der Waals surface area contributed by atoms with Crippen LogP contribution in [0.25, 0.3) is 33.7 Å². The normalized spacial score (nSPS) is 12.1. The molecular formula is C27H23N3O4. The Hall–Kier alpha value is -4.39. The van der Waals surface area contributed by atoms with Crippen LogP contribution in [-0.4, -0.2) is 10.2 Å². The van der Waals surface area contributed by atoms with E-state index < -0.39 is 5.76 Å². The zero-order valence-corrected chi connectivity index (χ0v) is 19.0. The SMILES string of the molecule is Cc1cc([C@@H](C)Nc2ccccc2-c2n[nH]c(=O)o2)c2oc(-c3ccccc3)c(C)c(=O)c2c1. The van der Waals surface area contributed by atoms with E-state index in [4.69, 9.17) is 8.83 Å². The minimum atomic E-state index is -0.617. The van der Waals surface area contributed by atoms with Crippen molar-refractivity contribution in [2.24, 2.45) is 0 Å². The van der Waals surface area contributed by atoms with Crippen molar-refractivity contribution in [2.45, 2.75) is 26.8 Å². The van der Waals surface area contributed by atoms with Gasteiger partial charge in [0, 0.05) is 22.4 Å². The Labute approximate surface area is 195 Å². The summed E-state index contributed by atoms with van der Waals surface area (Å²) in [6.07, 6.45) is 0. The lowest BCUT2D eigenvalue weighted by Crippen LogP contribution is -2.12.